The van der Waals surface area contributed by atoms with E-state index < -0.39 is 4.92 Å². The molecule has 0 spiro atoms. The van der Waals surface area contributed by atoms with Gasteiger partial charge >= 0.3 is 0 Å². The van der Waals surface area contributed by atoms with Crippen molar-refractivity contribution in [2.24, 2.45) is 17.8 Å². The van der Waals surface area contributed by atoms with Crippen LogP contribution in [-0.4, -0.2) is 16.5 Å². The van der Waals surface area contributed by atoms with E-state index in [9.17, 15) is 19.7 Å². The van der Waals surface area contributed by atoms with Crippen LogP contribution in [0.5, 0.6) is 0 Å². The van der Waals surface area contributed by atoms with E-state index >= 15 is 0 Å². The number of rotatable bonds is 4. The first-order valence-corrected chi connectivity index (χ1v) is 8.42. The normalized spacial score (nSPS) is 27.4. The van der Waals surface area contributed by atoms with Crippen LogP contribution in [0.15, 0.2) is 54.6 Å². The molecule has 0 N–H and O–H groups in total. The van der Waals surface area contributed by atoms with Gasteiger partial charge in [0.1, 0.15) is 5.78 Å². The molecule has 0 aromatic heterocycles. The zero-order valence-electron chi connectivity index (χ0n) is 13.5. The Morgan fingerprint density at radius 3 is 2.36 bits per heavy atom. The van der Waals surface area contributed by atoms with Gasteiger partial charge in [-0.3, -0.25) is 19.7 Å². The van der Waals surface area contributed by atoms with E-state index in [1.165, 1.54) is 12.1 Å². The standard InChI is InChI=1S/C20H17NO4/c22-17-11-14-10-16(17)18(12-6-8-15(9-7-12)21(24)25)19(14)20(23)13-4-2-1-3-5-13/h1-9,14,16,18-19H,10-11H2/t14?,16?,18-,19-/m0/s1. The van der Waals surface area contributed by atoms with Gasteiger partial charge in [-0.25, -0.2) is 0 Å². The maximum atomic E-state index is 13.1. The number of hydrogen-bond donors (Lipinski definition) is 0. The lowest BCUT2D eigenvalue weighted by atomic mass is 9.72. The first-order valence-electron chi connectivity index (χ1n) is 8.42. The lowest BCUT2D eigenvalue weighted by molar-refractivity contribution is -0.384. The number of non-ortho nitro benzene ring substituents is 1. The Bertz CT molecular complexity index is 844. The number of Topliss-reactive ketones (excluding diaryl/α,β-unsaturated/α-hetero) is 2. The van der Waals surface area contributed by atoms with Gasteiger partial charge in [0.05, 0.1) is 4.92 Å². The zero-order valence-corrected chi connectivity index (χ0v) is 13.5. The minimum atomic E-state index is -0.442. The number of carbonyl (C=O) groups excluding carboxylic acids is 2. The minimum Gasteiger partial charge on any atom is -0.299 e. The van der Waals surface area contributed by atoms with Crippen LogP contribution in [0.3, 0.4) is 0 Å². The largest absolute Gasteiger partial charge is 0.299 e. The number of benzene rings is 2. The number of ketones is 2. The molecule has 2 aliphatic carbocycles. The highest BCUT2D eigenvalue weighted by Gasteiger charge is 2.55. The highest BCUT2D eigenvalue weighted by molar-refractivity contribution is 6.01. The average Bonchev–Trinajstić information content (AvgIpc) is 3.18. The van der Waals surface area contributed by atoms with E-state index in [1.807, 2.05) is 30.3 Å². The summed E-state index contributed by atoms with van der Waals surface area (Å²) in [6, 6.07) is 15.5. The Morgan fingerprint density at radius 1 is 1.04 bits per heavy atom. The van der Waals surface area contributed by atoms with Crippen molar-refractivity contribution in [1.82, 2.24) is 0 Å². The van der Waals surface area contributed by atoms with Crippen molar-refractivity contribution in [2.75, 3.05) is 0 Å². The molecule has 2 aromatic rings. The molecule has 0 saturated heterocycles. The Kier molecular flexibility index (Phi) is 3.71. The third kappa shape index (κ3) is 2.56. The molecular weight excluding hydrogens is 318 g/mol. The van der Waals surface area contributed by atoms with Gasteiger partial charge in [0, 0.05) is 41.9 Å². The monoisotopic (exact) mass is 335 g/mol. The first kappa shape index (κ1) is 15.7. The third-order valence-corrected chi connectivity index (χ3v) is 5.61. The van der Waals surface area contributed by atoms with Crippen molar-refractivity contribution >= 4 is 17.3 Å². The number of hydrogen-bond acceptors (Lipinski definition) is 4. The summed E-state index contributed by atoms with van der Waals surface area (Å²) in [4.78, 5) is 35.8. The molecule has 5 nitrogen and oxygen atoms in total. The average molecular weight is 335 g/mol. The molecule has 4 rings (SSSR count). The fraction of sp³-hybridized carbons (Fsp3) is 0.300. The molecule has 2 unspecified atom stereocenters. The summed E-state index contributed by atoms with van der Waals surface area (Å²) in [6.07, 6.45) is 1.21. The van der Waals surface area contributed by atoms with Gasteiger partial charge in [0.15, 0.2) is 5.78 Å². The number of carbonyl (C=O) groups is 2. The molecule has 5 heteroatoms. The summed E-state index contributed by atoms with van der Waals surface area (Å²) in [7, 11) is 0. The van der Waals surface area contributed by atoms with Gasteiger partial charge in [-0.1, -0.05) is 42.5 Å². The second kappa shape index (κ2) is 5.92. The predicted octanol–water partition coefficient (Wildman–Crippen LogP) is 3.79. The predicted molar refractivity (Wildman–Crippen MR) is 91.3 cm³/mol. The summed E-state index contributed by atoms with van der Waals surface area (Å²) in [5, 5.41) is 10.9. The van der Waals surface area contributed by atoms with Gasteiger partial charge in [-0.15, -0.1) is 0 Å². The van der Waals surface area contributed by atoms with E-state index in [0.717, 1.165) is 12.0 Å². The molecule has 2 aromatic carbocycles. The van der Waals surface area contributed by atoms with Gasteiger partial charge in [-0.2, -0.15) is 0 Å². The summed E-state index contributed by atoms with van der Waals surface area (Å²) < 4.78 is 0. The molecule has 0 aliphatic heterocycles. The Labute approximate surface area is 144 Å². The second-order valence-electron chi connectivity index (χ2n) is 6.90. The molecule has 126 valence electrons. The van der Waals surface area contributed by atoms with E-state index in [1.54, 1.807) is 12.1 Å². The van der Waals surface area contributed by atoms with Crippen molar-refractivity contribution in [3.05, 3.63) is 75.8 Å². The first-order chi connectivity index (χ1) is 12.1. The van der Waals surface area contributed by atoms with E-state index in [2.05, 4.69) is 0 Å². The van der Waals surface area contributed by atoms with Crippen LogP contribution >= 0.6 is 0 Å². The van der Waals surface area contributed by atoms with Crippen LogP contribution in [0, 0.1) is 27.9 Å². The number of fused-ring (bicyclic) bond motifs is 2. The molecule has 0 heterocycles. The molecule has 0 radical (unpaired) electrons. The van der Waals surface area contributed by atoms with Crippen LogP contribution in [0.2, 0.25) is 0 Å². The third-order valence-electron chi connectivity index (χ3n) is 5.61. The van der Waals surface area contributed by atoms with Crippen LogP contribution in [0.25, 0.3) is 0 Å². The Morgan fingerprint density at radius 2 is 1.72 bits per heavy atom. The SMILES string of the molecule is O=C1CC2CC1[C@H](c1ccc([N+](=O)[O-])cc1)[C@H]2C(=O)c1ccccc1. The van der Waals surface area contributed by atoms with E-state index in [4.69, 9.17) is 0 Å². The topological polar surface area (TPSA) is 77.3 Å². The fourth-order valence-corrected chi connectivity index (χ4v) is 4.54. The summed E-state index contributed by atoms with van der Waals surface area (Å²) >= 11 is 0. The Balaban J connectivity index is 1.71. The molecular formula is C20H17NO4. The minimum absolute atomic E-state index is 0.0177. The maximum absolute atomic E-state index is 13.1. The number of nitrogens with zero attached hydrogens (tertiary/aromatic N) is 1. The van der Waals surface area contributed by atoms with E-state index in [-0.39, 0.29) is 40.9 Å². The molecule has 25 heavy (non-hydrogen) atoms. The molecule has 2 bridgehead atoms. The lowest BCUT2D eigenvalue weighted by Gasteiger charge is -2.29. The zero-order chi connectivity index (χ0) is 17.6. The highest BCUT2D eigenvalue weighted by atomic mass is 16.6. The molecule has 2 aliphatic rings. The molecule has 0 amide bonds. The van der Waals surface area contributed by atoms with Crippen LogP contribution < -0.4 is 0 Å². The van der Waals surface area contributed by atoms with E-state index in [0.29, 0.717) is 12.0 Å². The van der Waals surface area contributed by atoms with Gasteiger partial charge in [0.25, 0.3) is 5.69 Å². The molecule has 2 fully saturated rings. The highest BCUT2D eigenvalue weighted by Crippen LogP contribution is 2.56. The molecule has 2 saturated carbocycles. The van der Waals surface area contributed by atoms with Gasteiger partial charge in [0.2, 0.25) is 0 Å². The summed E-state index contributed by atoms with van der Waals surface area (Å²) in [5.41, 5.74) is 1.53. The van der Waals surface area contributed by atoms with Gasteiger partial charge in [-0.05, 0) is 17.9 Å². The number of nitro benzene ring substituents is 1. The summed E-state index contributed by atoms with van der Waals surface area (Å²) in [6.45, 7) is 0. The quantitative estimate of drug-likeness (QED) is 0.484. The lowest BCUT2D eigenvalue weighted by Crippen LogP contribution is -2.32. The smallest absolute Gasteiger partial charge is 0.269 e. The fourth-order valence-electron chi connectivity index (χ4n) is 4.54. The van der Waals surface area contributed by atoms with Crippen molar-refractivity contribution in [3.63, 3.8) is 0 Å². The van der Waals surface area contributed by atoms with Crippen molar-refractivity contribution in [2.45, 2.75) is 18.8 Å². The van der Waals surface area contributed by atoms with Crippen LogP contribution in [0.1, 0.15) is 34.7 Å². The summed E-state index contributed by atoms with van der Waals surface area (Å²) in [5.74, 6) is -0.199. The van der Waals surface area contributed by atoms with Crippen molar-refractivity contribution in [3.8, 4) is 0 Å². The van der Waals surface area contributed by atoms with Crippen molar-refractivity contribution in [1.29, 1.82) is 0 Å². The molecule has 4 atom stereocenters. The van der Waals surface area contributed by atoms with Crippen LogP contribution in [0.4, 0.5) is 5.69 Å². The van der Waals surface area contributed by atoms with Gasteiger partial charge < -0.3 is 0 Å². The maximum Gasteiger partial charge on any atom is 0.269 e. The second-order valence-corrected chi connectivity index (χ2v) is 6.90. The van der Waals surface area contributed by atoms with Crippen molar-refractivity contribution < 1.29 is 14.5 Å². The Hall–Kier alpha value is -2.82. The number of nitro groups is 1. The van der Waals surface area contributed by atoms with Crippen LogP contribution in [-0.2, 0) is 4.79 Å².